The first-order valence-corrected chi connectivity index (χ1v) is 9.07. The van der Waals surface area contributed by atoms with Crippen LogP contribution in [0.15, 0.2) is 0 Å². The zero-order valence-electron chi connectivity index (χ0n) is 17.0. The van der Waals surface area contributed by atoms with Gasteiger partial charge in [0.05, 0.1) is 32.3 Å². The number of nitrogens with two attached hydrogens (primary N) is 1. The lowest BCUT2D eigenvalue weighted by Gasteiger charge is -2.20. The third kappa shape index (κ3) is 10.9. The molecule has 0 radical (unpaired) electrons. The third-order valence-electron chi connectivity index (χ3n) is 3.66. The van der Waals surface area contributed by atoms with Gasteiger partial charge in [0.2, 0.25) is 29.5 Å². The van der Waals surface area contributed by atoms with Gasteiger partial charge in [0.1, 0.15) is 18.1 Å². The normalized spacial score (nSPS) is 14.2. The first kappa shape index (κ1) is 27.7. The maximum Gasteiger partial charge on any atom is 0.328 e. The topological polar surface area (TPSA) is 249 Å². The van der Waals surface area contributed by atoms with E-state index < -0.39 is 86.0 Å². The number of aliphatic hydroxyl groups is 2. The lowest BCUT2D eigenvalue weighted by atomic mass is 10.2. The van der Waals surface area contributed by atoms with E-state index in [1.807, 2.05) is 5.32 Å². The summed E-state index contributed by atoms with van der Waals surface area (Å²) in [5, 5.41) is 37.6. The number of carboxylic acid groups (broad SMARTS) is 1. The number of carbonyl (C=O) groups excluding carboxylic acids is 5. The van der Waals surface area contributed by atoms with Crippen molar-refractivity contribution in [1.82, 2.24) is 26.6 Å². The molecule has 0 aliphatic heterocycles. The smallest absolute Gasteiger partial charge is 0.328 e. The number of amides is 5. The van der Waals surface area contributed by atoms with Gasteiger partial charge in [-0.15, -0.1) is 0 Å². The minimum absolute atomic E-state index is 0.428. The maximum absolute atomic E-state index is 12.1. The molecule has 0 unspecified atom stereocenters. The molecule has 0 aliphatic carbocycles. The minimum atomic E-state index is -1.56. The summed E-state index contributed by atoms with van der Waals surface area (Å²) in [7, 11) is 0. The molecule has 0 aliphatic rings. The Morgan fingerprint density at radius 1 is 0.742 bits per heavy atom. The minimum Gasteiger partial charge on any atom is -0.480 e. The van der Waals surface area contributed by atoms with E-state index in [9.17, 15) is 33.9 Å². The molecule has 0 saturated heterocycles. The van der Waals surface area contributed by atoms with E-state index in [2.05, 4.69) is 21.3 Å². The second kappa shape index (κ2) is 13.8. The van der Waals surface area contributed by atoms with E-state index in [0.717, 1.165) is 0 Å². The zero-order chi connectivity index (χ0) is 24.1. The number of carboxylic acids is 1. The first-order valence-electron chi connectivity index (χ1n) is 9.07. The second-order valence-corrected chi connectivity index (χ2v) is 6.40. The first-order chi connectivity index (χ1) is 14.4. The quantitative estimate of drug-likeness (QED) is 0.129. The van der Waals surface area contributed by atoms with Crippen molar-refractivity contribution in [2.75, 3.05) is 26.3 Å². The van der Waals surface area contributed by atoms with Crippen molar-refractivity contribution in [2.45, 2.75) is 38.0 Å². The van der Waals surface area contributed by atoms with Crippen molar-refractivity contribution < 1.29 is 44.1 Å². The Hall–Kier alpha value is -3.30. The Balaban J connectivity index is 4.55. The van der Waals surface area contributed by atoms with Crippen molar-refractivity contribution >= 4 is 35.5 Å². The van der Waals surface area contributed by atoms with Gasteiger partial charge in [-0.1, -0.05) is 0 Å². The SMILES string of the molecule is C[C@H](N)C(=O)NCC(=O)N[C@@H](C)C(=O)N[C@@H](CO)C(=O)NCC(=O)N[C@@H](CO)C(=O)O. The van der Waals surface area contributed by atoms with Gasteiger partial charge < -0.3 is 47.6 Å². The van der Waals surface area contributed by atoms with Crippen LogP contribution in [0.3, 0.4) is 0 Å². The Kier molecular flexibility index (Phi) is 12.4. The summed E-state index contributed by atoms with van der Waals surface area (Å²) in [6.07, 6.45) is 0. The van der Waals surface area contributed by atoms with Crippen LogP contribution >= 0.6 is 0 Å². The number of carbonyl (C=O) groups is 6. The maximum atomic E-state index is 12.1. The number of aliphatic hydroxyl groups excluding tert-OH is 2. The predicted octanol–water partition coefficient (Wildman–Crippen LogP) is -5.89. The fourth-order valence-electron chi connectivity index (χ4n) is 1.90. The second-order valence-electron chi connectivity index (χ2n) is 6.40. The molecule has 0 fully saturated rings. The van der Waals surface area contributed by atoms with Crippen molar-refractivity contribution in [3.8, 4) is 0 Å². The van der Waals surface area contributed by atoms with Gasteiger partial charge in [-0.25, -0.2) is 4.79 Å². The van der Waals surface area contributed by atoms with Gasteiger partial charge in [0.15, 0.2) is 0 Å². The van der Waals surface area contributed by atoms with E-state index in [0.29, 0.717) is 0 Å². The molecule has 176 valence electrons. The molecule has 15 nitrogen and oxygen atoms in total. The lowest BCUT2D eigenvalue weighted by molar-refractivity contribution is -0.142. The van der Waals surface area contributed by atoms with Crippen molar-refractivity contribution in [1.29, 1.82) is 0 Å². The van der Waals surface area contributed by atoms with Crippen LogP contribution in [0.25, 0.3) is 0 Å². The summed E-state index contributed by atoms with van der Waals surface area (Å²) in [4.78, 5) is 69.5. The fourth-order valence-corrected chi connectivity index (χ4v) is 1.90. The highest BCUT2D eigenvalue weighted by molar-refractivity contribution is 5.94. The molecule has 15 heteroatoms. The molecule has 10 N–H and O–H groups in total. The molecule has 0 aromatic rings. The number of rotatable bonds is 13. The molecular formula is C16H28N6O9. The van der Waals surface area contributed by atoms with Crippen LogP contribution in [0, 0.1) is 0 Å². The van der Waals surface area contributed by atoms with Crippen LogP contribution in [0.1, 0.15) is 13.8 Å². The Morgan fingerprint density at radius 3 is 1.68 bits per heavy atom. The molecule has 4 atom stereocenters. The average Bonchev–Trinajstić information content (AvgIpc) is 2.71. The number of hydrogen-bond acceptors (Lipinski definition) is 9. The summed E-state index contributed by atoms with van der Waals surface area (Å²) in [6, 6.07) is -4.98. The molecule has 0 saturated carbocycles. The average molecular weight is 448 g/mol. The zero-order valence-corrected chi connectivity index (χ0v) is 17.0. The highest BCUT2D eigenvalue weighted by Crippen LogP contribution is 1.89. The van der Waals surface area contributed by atoms with Gasteiger partial charge in [-0.2, -0.15) is 0 Å². The van der Waals surface area contributed by atoms with Crippen LogP contribution in [0.4, 0.5) is 0 Å². The van der Waals surface area contributed by atoms with Crippen LogP contribution in [-0.4, -0.2) is 101 Å². The van der Waals surface area contributed by atoms with Crippen molar-refractivity contribution in [2.24, 2.45) is 5.73 Å². The Morgan fingerprint density at radius 2 is 1.23 bits per heavy atom. The van der Waals surface area contributed by atoms with Gasteiger partial charge in [0.25, 0.3) is 0 Å². The van der Waals surface area contributed by atoms with Crippen LogP contribution in [0.2, 0.25) is 0 Å². The molecule has 31 heavy (non-hydrogen) atoms. The summed E-state index contributed by atoms with van der Waals surface area (Å²) in [5.41, 5.74) is 5.33. The Bertz CT molecular complexity index is 684. The van der Waals surface area contributed by atoms with E-state index in [1.54, 1.807) is 0 Å². The molecule has 0 spiro atoms. The van der Waals surface area contributed by atoms with E-state index >= 15 is 0 Å². The summed E-state index contributed by atoms with van der Waals surface area (Å²) in [6.45, 7) is -0.0875. The largest absolute Gasteiger partial charge is 0.480 e. The van der Waals surface area contributed by atoms with Crippen LogP contribution < -0.4 is 32.3 Å². The van der Waals surface area contributed by atoms with E-state index in [1.165, 1.54) is 13.8 Å². The van der Waals surface area contributed by atoms with Crippen LogP contribution in [0.5, 0.6) is 0 Å². The van der Waals surface area contributed by atoms with Crippen molar-refractivity contribution in [3.05, 3.63) is 0 Å². The summed E-state index contributed by atoms with van der Waals surface area (Å²) < 4.78 is 0. The van der Waals surface area contributed by atoms with E-state index in [4.69, 9.17) is 15.9 Å². The Labute approximate surface area is 177 Å². The molecular weight excluding hydrogens is 420 g/mol. The summed E-state index contributed by atoms with van der Waals surface area (Å²) >= 11 is 0. The molecule has 0 rings (SSSR count). The van der Waals surface area contributed by atoms with Crippen molar-refractivity contribution in [3.63, 3.8) is 0 Å². The number of nitrogens with one attached hydrogen (secondary N) is 5. The molecule has 0 aromatic carbocycles. The fraction of sp³-hybridized carbons (Fsp3) is 0.625. The number of aliphatic carboxylic acids is 1. The molecule has 5 amide bonds. The summed E-state index contributed by atoms with van der Waals surface area (Å²) in [5.74, 6) is -5.46. The predicted molar refractivity (Wildman–Crippen MR) is 103 cm³/mol. The molecule has 0 heterocycles. The third-order valence-corrected chi connectivity index (χ3v) is 3.66. The molecule has 0 aromatic heterocycles. The number of hydrogen-bond donors (Lipinski definition) is 9. The monoisotopic (exact) mass is 448 g/mol. The van der Waals surface area contributed by atoms with Gasteiger partial charge in [0, 0.05) is 0 Å². The highest BCUT2D eigenvalue weighted by Gasteiger charge is 2.25. The van der Waals surface area contributed by atoms with Gasteiger partial charge >= 0.3 is 5.97 Å². The highest BCUT2D eigenvalue weighted by atomic mass is 16.4. The standard InChI is InChI=1S/C16H28N6O9/c1-7(17)13(27)18-3-11(25)20-8(2)14(28)22-9(5-23)15(29)19-4-12(26)21-10(6-24)16(30)31/h7-10,23-24H,3-6,17H2,1-2H3,(H,18,27)(H,19,29)(H,20,25)(H,21,26)(H,22,28)(H,30,31)/t7-,8-,9-,10-/m0/s1. The molecule has 0 bridgehead atoms. The van der Waals surface area contributed by atoms with E-state index in [-0.39, 0.29) is 0 Å². The van der Waals surface area contributed by atoms with Gasteiger partial charge in [-0.05, 0) is 13.8 Å². The van der Waals surface area contributed by atoms with Gasteiger partial charge in [-0.3, -0.25) is 24.0 Å². The van der Waals surface area contributed by atoms with Crippen LogP contribution in [-0.2, 0) is 28.8 Å². The lowest BCUT2D eigenvalue weighted by Crippen LogP contribution is -2.56.